The second kappa shape index (κ2) is 9.77. The molecule has 1 saturated heterocycles. The van der Waals surface area contributed by atoms with Crippen molar-refractivity contribution in [3.8, 4) is 0 Å². The van der Waals surface area contributed by atoms with Crippen molar-refractivity contribution in [3.05, 3.63) is 83.2 Å². The first kappa shape index (κ1) is 22.3. The van der Waals surface area contributed by atoms with Crippen LogP contribution in [0.3, 0.4) is 0 Å². The molecule has 0 saturated carbocycles. The molecule has 4 heterocycles. The van der Waals surface area contributed by atoms with Crippen molar-refractivity contribution in [2.75, 3.05) is 13.2 Å². The zero-order valence-corrected chi connectivity index (χ0v) is 19.3. The van der Waals surface area contributed by atoms with E-state index >= 15 is 0 Å². The van der Waals surface area contributed by atoms with E-state index in [0.717, 1.165) is 36.2 Å². The predicted octanol–water partition coefficient (Wildman–Crippen LogP) is 3.67. The van der Waals surface area contributed by atoms with Gasteiger partial charge in [0.25, 0.3) is 11.8 Å². The lowest BCUT2D eigenvalue weighted by molar-refractivity contribution is 0.0672. The van der Waals surface area contributed by atoms with Gasteiger partial charge in [0.2, 0.25) is 0 Å². The lowest BCUT2D eigenvalue weighted by Gasteiger charge is -2.26. The highest BCUT2D eigenvalue weighted by atomic mass is 16.5. The van der Waals surface area contributed by atoms with E-state index in [0.29, 0.717) is 37.6 Å². The highest BCUT2D eigenvalue weighted by Gasteiger charge is 2.35. The maximum absolute atomic E-state index is 13.7. The SMILES string of the molecule is CC[C@@H](NC(=O)c1cc(C(=O)N2CCCC2c2cnccn2)n2c1COCC2)c1ccccc1. The maximum Gasteiger partial charge on any atom is 0.271 e. The molecule has 8 nitrogen and oxygen atoms in total. The van der Waals surface area contributed by atoms with Crippen LogP contribution in [0.4, 0.5) is 0 Å². The third kappa shape index (κ3) is 4.21. The summed E-state index contributed by atoms with van der Waals surface area (Å²) in [7, 11) is 0. The number of nitrogens with one attached hydrogen (secondary N) is 1. The summed E-state index contributed by atoms with van der Waals surface area (Å²) in [6.07, 6.45) is 7.55. The molecule has 1 aromatic carbocycles. The number of fused-ring (bicyclic) bond motifs is 1. The molecule has 8 heteroatoms. The summed E-state index contributed by atoms with van der Waals surface area (Å²) in [5, 5.41) is 3.15. The molecular weight excluding hydrogens is 430 g/mol. The summed E-state index contributed by atoms with van der Waals surface area (Å²) >= 11 is 0. The van der Waals surface area contributed by atoms with Gasteiger partial charge < -0.3 is 19.5 Å². The van der Waals surface area contributed by atoms with Crippen LogP contribution in [0.5, 0.6) is 0 Å². The Kier molecular flexibility index (Phi) is 6.40. The molecule has 2 amide bonds. The van der Waals surface area contributed by atoms with E-state index in [4.69, 9.17) is 4.74 Å². The molecule has 0 bridgehead atoms. The van der Waals surface area contributed by atoms with Gasteiger partial charge in [0, 0.05) is 25.5 Å². The first-order chi connectivity index (χ1) is 16.7. The Bertz CT molecular complexity index is 1160. The van der Waals surface area contributed by atoms with Gasteiger partial charge in [-0.3, -0.25) is 19.6 Å². The smallest absolute Gasteiger partial charge is 0.271 e. The van der Waals surface area contributed by atoms with E-state index in [1.165, 1.54) is 0 Å². The van der Waals surface area contributed by atoms with E-state index in [1.807, 2.05) is 46.7 Å². The minimum absolute atomic E-state index is 0.0783. The number of amides is 2. The number of aromatic nitrogens is 3. The summed E-state index contributed by atoms with van der Waals surface area (Å²) in [5.41, 5.74) is 3.65. The van der Waals surface area contributed by atoms with E-state index in [2.05, 4.69) is 15.3 Å². The molecule has 2 aliphatic heterocycles. The number of benzene rings is 1. The van der Waals surface area contributed by atoms with Crippen LogP contribution in [0.25, 0.3) is 0 Å². The standard InChI is InChI=1S/C26H29N5O3/c1-2-20(18-7-4-3-5-8-18)29-25(32)19-15-23(30-13-14-34-17-24(19)30)26(33)31-12-6-9-22(31)21-16-27-10-11-28-21/h3-5,7-8,10-11,15-16,20,22H,2,6,9,12-14,17H2,1H3,(H,29,32)/t20-,22?/m1/s1. The second-order valence-electron chi connectivity index (χ2n) is 8.73. The van der Waals surface area contributed by atoms with E-state index < -0.39 is 0 Å². The Morgan fingerprint density at radius 3 is 2.82 bits per heavy atom. The molecule has 1 fully saturated rings. The lowest BCUT2D eigenvalue weighted by Crippen LogP contribution is -2.33. The first-order valence-electron chi connectivity index (χ1n) is 11.9. The Labute approximate surface area is 199 Å². The molecule has 0 spiro atoms. The van der Waals surface area contributed by atoms with E-state index in [-0.39, 0.29) is 23.9 Å². The zero-order chi connectivity index (χ0) is 23.5. The molecule has 34 heavy (non-hydrogen) atoms. The number of ether oxygens (including phenoxy) is 1. The predicted molar refractivity (Wildman–Crippen MR) is 126 cm³/mol. The van der Waals surface area contributed by atoms with Crippen LogP contribution in [-0.4, -0.2) is 44.4 Å². The molecular formula is C26H29N5O3. The average molecular weight is 460 g/mol. The number of carbonyl (C=O) groups excluding carboxylic acids is 2. The molecule has 1 unspecified atom stereocenters. The van der Waals surface area contributed by atoms with Gasteiger partial charge in [0.15, 0.2) is 0 Å². The number of carbonyl (C=O) groups is 2. The lowest BCUT2D eigenvalue weighted by atomic mass is 10.0. The zero-order valence-electron chi connectivity index (χ0n) is 19.3. The summed E-state index contributed by atoms with van der Waals surface area (Å²) in [4.78, 5) is 37.6. The van der Waals surface area contributed by atoms with Crippen LogP contribution >= 0.6 is 0 Å². The highest BCUT2D eigenvalue weighted by molar-refractivity contribution is 6.01. The van der Waals surface area contributed by atoms with E-state index in [9.17, 15) is 9.59 Å². The number of hydrogen-bond donors (Lipinski definition) is 1. The minimum Gasteiger partial charge on any atom is -0.373 e. The number of rotatable bonds is 6. The molecule has 176 valence electrons. The molecule has 0 radical (unpaired) electrons. The van der Waals surface area contributed by atoms with Gasteiger partial charge in [-0.2, -0.15) is 0 Å². The summed E-state index contributed by atoms with van der Waals surface area (Å²) in [6.45, 7) is 4.07. The first-order valence-corrected chi connectivity index (χ1v) is 11.9. The molecule has 1 N–H and O–H groups in total. The van der Waals surface area contributed by atoms with E-state index in [1.54, 1.807) is 24.7 Å². The molecule has 2 aliphatic rings. The van der Waals surface area contributed by atoms with Gasteiger partial charge in [0.1, 0.15) is 5.69 Å². The van der Waals surface area contributed by atoms with Gasteiger partial charge in [0.05, 0.1) is 48.4 Å². The van der Waals surface area contributed by atoms with Crippen LogP contribution < -0.4 is 5.32 Å². The minimum atomic E-state index is -0.184. The third-order valence-electron chi connectivity index (χ3n) is 6.72. The van der Waals surface area contributed by atoms with Crippen molar-refractivity contribution in [2.45, 2.75) is 51.4 Å². The number of hydrogen-bond acceptors (Lipinski definition) is 5. The van der Waals surface area contributed by atoms with Crippen LogP contribution in [-0.2, 0) is 17.9 Å². The van der Waals surface area contributed by atoms with Gasteiger partial charge in [-0.25, -0.2) is 0 Å². The Balaban J connectivity index is 1.44. The fraction of sp³-hybridized carbons (Fsp3) is 0.385. The quantitative estimate of drug-likeness (QED) is 0.608. The van der Waals surface area contributed by atoms with Gasteiger partial charge in [-0.15, -0.1) is 0 Å². The Hall–Kier alpha value is -3.52. The average Bonchev–Trinajstić information content (AvgIpc) is 3.53. The number of likely N-dealkylation sites (tertiary alicyclic amines) is 1. The molecule has 0 aliphatic carbocycles. The van der Waals surface area contributed by atoms with Crippen molar-refractivity contribution in [1.29, 1.82) is 0 Å². The van der Waals surface area contributed by atoms with Gasteiger partial charge in [-0.05, 0) is 30.9 Å². The fourth-order valence-electron chi connectivity index (χ4n) is 4.99. The van der Waals surface area contributed by atoms with Crippen molar-refractivity contribution >= 4 is 11.8 Å². The third-order valence-corrected chi connectivity index (χ3v) is 6.72. The van der Waals surface area contributed by atoms with Crippen LogP contribution in [0.1, 0.15) is 76.1 Å². The molecule has 3 aromatic rings. The second-order valence-corrected chi connectivity index (χ2v) is 8.73. The van der Waals surface area contributed by atoms with Crippen molar-refractivity contribution in [3.63, 3.8) is 0 Å². The number of nitrogens with zero attached hydrogens (tertiary/aromatic N) is 4. The monoisotopic (exact) mass is 459 g/mol. The Morgan fingerprint density at radius 2 is 2.06 bits per heavy atom. The van der Waals surface area contributed by atoms with Crippen LogP contribution in [0.15, 0.2) is 55.0 Å². The highest BCUT2D eigenvalue weighted by Crippen LogP contribution is 2.33. The van der Waals surface area contributed by atoms with Crippen molar-refractivity contribution in [1.82, 2.24) is 24.8 Å². The van der Waals surface area contributed by atoms with Crippen LogP contribution in [0.2, 0.25) is 0 Å². The molecule has 2 atom stereocenters. The topological polar surface area (TPSA) is 89.4 Å². The molecule has 2 aromatic heterocycles. The van der Waals surface area contributed by atoms with Crippen LogP contribution in [0, 0.1) is 0 Å². The summed E-state index contributed by atoms with van der Waals surface area (Å²) in [5.74, 6) is -0.263. The Morgan fingerprint density at radius 1 is 1.21 bits per heavy atom. The summed E-state index contributed by atoms with van der Waals surface area (Å²) < 4.78 is 7.62. The summed E-state index contributed by atoms with van der Waals surface area (Å²) in [6, 6.07) is 11.5. The van der Waals surface area contributed by atoms with Crippen molar-refractivity contribution < 1.29 is 14.3 Å². The fourth-order valence-corrected chi connectivity index (χ4v) is 4.99. The van der Waals surface area contributed by atoms with Gasteiger partial charge in [-0.1, -0.05) is 37.3 Å². The maximum atomic E-state index is 13.7. The van der Waals surface area contributed by atoms with Gasteiger partial charge >= 0.3 is 0 Å². The normalized spacial score (nSPS) is 18.4. The molecule has 5 rings (SSSR count). The largest absolute Gasteiger partial charge is 0.373 e. The van der Waals surface area contributed by atoms with Crippen molar-refractivity contribution in [2.24, 2.45) is 0 Å².